The van der Waals surface area contributed by atoms with Crippen LogP contribution in [0.25, 0.3) is 0 Å². The number of nitrogens with one attached hydrogen (secondary N) is 1. The molecule has 7 nitrogen and oxygen atoms in total. The zero-order valence-corrected chi connectivity index (χ0v) is 15.4. The summed E-state index contributed by atoms with van der Waals surface area (Å²) in [5.41, 5.74) is 1.02. The molecule has 0 unspecified atom stereocenters. The summed E-state index contributed by atoms with van der Waals surface area (Å²) in [4.78, 5) is 41.9. The Hall–Kier alpha value is -3.06. The van der Waals surface area contributed by atoms with Gasteiger partial charge in [0.05, 0.1) is 16.9 Å². The molecule has 0 aliphatic carbocycles. The number of nitrogens with zero attached hydrogens (tertiary/aromatic N) is 3. The van der Waals surface area contributed by atoms with Crippen molar-refractivity contribution in [3.05, 3.63) is 57.7 Å². The van der Waals surface area contributed by atoms with Gasteiger partial charge in [-0.15, -0.1) is 0 Å². The van der Waals surface area contributed by atoms with Gasteiger partial charge >= 0.3 is 6.03 Å². The summed E-state index contributed by atoms with van der Waals surface area (Å²) in [5.74, 6) is -2.71. The fraction of sp³-hybridized carbons (Fsp3) is 0.0556. The lowest BCUT2D eigenvalue weighted by Gasteiger charge is -2.28. The minimum Gasteiger partial charge on any atom is -0.276 e. The highest BCUT2D eigenvalue weighted by Gasteiger charge is 2.40. The number of imide groups is 2. The number of barbiturate groups is 1. The summed E-state index contributed by atoms with van der Waals surface area (Å²) in [6.07, 6.45) is 1.15. The van der Waals surface area contributed by atoms with E-state index in [9.17, 15) is 14.4 Å². The van der Waals surface area contributed by atoms with Crippen molar-refractivity contribution in [3.63, 3.8) is 0 Å². The molecular weight excluding hydrogens is 447 g/mol. The van der Waals surface area contributed by atoms with E-state index >= 15 is 0 Å². The van der Waals surface area contributed by atoms with E-state index < -0.39 is 23.8 Å². The molecule has 26 heavy (non-hydrogen) atoms. The van der Waals surface area contributed by atoms with Gasteiger partial charge in [0, 0.05) is 9.78 Å². The third-order valence-corrected chi connectivity index (χ3v) is 4.39. The van der Waals surface area contributed by atoms with Crippen LogP contribution in [0.2, 0.25) is 0 Å². The summed E-state index contributed by atoms with van der Waals surface area (Å²) in [7, 11) is 0. The monoisotopic (exact) mass is 458 g/mol. The number of nitriles is 1. The van der Waals surface area contributed by atoms with E-state index in [1.165, 1.54) is 0 Å². The Bertz CT molecular complexity index is 963. The van der Waals surface area contributed by atoms with Gasteiger partial charge in [0.15, 0.2) is 5.92 Å². The number of hydrogen-bond acceptors (Lipinski definition) is 5. The van der Waals surface area contributed by atoms with Crippen LogP contribution in [-0.2, 0) is 9.59 Å². The predicted molar refractivity (Wildman–Crippen MR) is 103 cm³/mol. The van der Waals surface area contributed by atoms with Crippen molar-refractivity contribution in [1.82, 2.24) is 5.32 Å². The number of urea groups is 1. The largest absolute Gasteiger partial charge is 0.335 e. The Balaban J connectivity index is 1.92. The third kappa shape index (κ3) is 3.48. The molecule has 1 atom stereocenters. The number of para-hydroxylation sites is 1. The number of amides is 4. The molecule has 0 spiro atoms. The van der Waals surface area contributed by atoms with E-state index in [0.29, 0.717) is 16.9 Å². The molecule has 1 heterocycles. The van der Waals surface area contributed by atoms with Gasteiger partial charge < -0.3 is 0 Å². The van der Waals surface area contributed by atoms with Crippen molar-refractivity contribution < 1.29 is 14.4 Å². The van der Waals surface area contributed by atoms with Crippen molar-refractivity contribution in [2.75, 3.05) is 4.90 Å². The number of halogens is 1. The molecule has 1 aliphatic heterocycles. The highest BCUT2D eigenvalue weighted by molar-refractivity contribution is 14.1. The van der Waals surface area contributed by atoms with Gasteiger partial charge in [-0.05, 0) is 59.0 Å². The molecule has 0 radical (unpaired) electrons. The number of rotatable bonds is 3. The molecule has 2 aromatic carbocycles. The van der Waals surface area contributed by atoms with Crippen LogP contribution in [-0.4, -0.2) is 24.1 Å². The number of benzene rings is 2. The van der Waals surface area contributed by atoms with Crippen LogP contribution in [0.3, 0.4) is 0 Å². The molecule has 0 bridgehead atoms. The normalized spacial score (nSPS) is 17.3. The lowest BCUT2D eigenvalue weighted by atomic mass is 10.1. The number of carbonyl (C=O) groups is 3. The van der Waals surface area contributed by atoms with Crippen LogP contribution in [0, 0.1) is 20.8 Å². The average molecular weight is 458 g/mol. The fourth-order valence-corrected chi connectivity index (χ4v) is 2.75. The lowest BCUT2D eigenvalue weighted by Crippen LogP contribution is -2.58. The molecule has 2 aromatic rings. The van der Waals surface area contributed by atoms with Gasteiger partial charge in [0.25, 0.3) is 5.91 Å². The summed E-state index contributed by atoms with van der Waals surface area (Å²) >= 11 is 2.11. The molecule has 3 rings (SSSR count). The number of anilines is 1. The van der Waals surface area contributed by atoms with Crippen LogP contribution in [0.1, 0.15) is 5.56 Å². The predicted octanol–water partition coefficient (Wildman–Crippen LogP) is 2.76. The summed E-state index contributed by atoms with van der Waals surface area (Å²) < 4.78 is 0.943. The molecular formula is C18H11IN4O3. The zero-order valence-electron chi connectivity index (χ0n) is 13.2. The highest BCUT2D eigenvalue weighted by atomic mass is 127. The Kier molecular flexibility index (Phi) is 5.09. The molecule has 1 fully saturated rings. The number of aliphatic imine (C=N–C) groups is 1. The number of carbonyl (C=O) groups excluding carboxylic acids is 3. The molecule has 1 N–H and O–H groups in total. The molecule has 0 aromatic heterocycles. The maximum absolute atomic E-state index is 12.7. The maximum atomic E-state index is 12.7. The maximum Gasteiger partial charge on any atom is 0.335 e. The third-order valence-electron chi connectivity index (χ3n) is 3.67. The average Bonchev–Trinajstić information content (AvgIpc) is 2.63. The first kappa shape index (κ1) is 17.8. The van der Waals surface area contributed by atoms with E-state index in [1.807, 2.05) is 6.07 Å². The molecule has 0 saturated carbocycles. The van der Waals surface area contributed by atoms with Gasteiger partial charge in [-0.1, -0.05) is 12.1 Å². The highest BCUT2D eigenvalue weighted by Crippen LogP contribution is 2.22. The fourth-order valence-electron chi connectivity index (χ4n) is 2.39. The molecule has 1 aliphatic rings. The summed E-state index contributed by atoms with van der Waals surface area (Å²) in [6.45, 7) is 0. The van der Waals surface area contributed by atoms with E-state index in [1.54, 1.807) is 48.5 Å². The first-order valence-electron chi connectivity index (χ1n) is 7.49. The van der Waals surface area contributed by atoms with Crippen LogP contribution >= 0.6 is 22.6 Å². The molecule has 4 amide bonds. The quantitative estimate of drug-likeness (QED) is 0.434. The topological polar surface area (TPSA) is 103 Å². The Morgan fingerprint density at radius 2 is 1.81 bits per heavy atom. The standard InChI is InChI=1S/C18H11IN4O3/c19-12-5-7-13(8-6-12)23-17(25)14(16(24)22-18(23)26)10-21-15-4-2-1-3-11(15)9-20/h1-8,10,14H,(H,22,24,26)/t14-/m1/s1. The second-order valence-corrected chi connectivity index (χ2v) is 6.57. The minimum atomic E-state index is -1.27. The second kappa shape index (κ2) is 7.45. The second-order valence-electron chi connectivity index (χ2n) is 5.33. The van der Waals surface area contributed by atoms with Crippen molar-refractivity contribution in [3.8, 4) is 6.07 Å². The Morgan fingerprint density at radius 1 is 1.12 bits per heavy atom. The summed E-state index contributed by atoms with van der Waals surface area (Å²) in [6, 6.07) is 14.5. The van der Waals surface area contributed by atoms with Gasteiger partial charge in [0.2, 0.25) is 5.91 Å². The Morgan fingerprint density at radius 3 is 2.50 bits per heavy atom. The van der Waals surface area contributed by atoms with Crippen LogP contribution < -0.4 is 10.2 Å². The van der Waals surface area contributed by atoms with Crippen molar-refractivity contribution in [1.29, 1.82) is 5.26 Å². The summed E-state index contributed by atoms with van der Waals surface area (Å²) in [5, 5.41) is 11.2. The van der Waals surface area contributed by atoms with E-state index in [2.05, 4.69) is 32.9 Å². The Labute approximate surface area is 162 Å². The van der Waals surface area contributed by atoms with E-state index in [-0.39, 0.29) is 0 Å². The molecule has 8 heteroatoms. The molecule has 1 saturated heterocycles. The van der Waals surface area contributed by atoms with Crippen molar-refractivity contribution in [2.45, 2.75) is 0 Å². The van der Waals surface area contributed by atoms with Gasteiger partial charge in [-0.2, -0.15) is 5.26 Å². The minimum absolute atomic E-state index is 0.318. The van der Waals surface area contributed by atoms with Crippen molar-refractivity contribution in [2.24, 2.45) is 10.9 Å². The first-order chi connectivity index (χ1) is 12.5. The lowest BCUT2D eigenvalue weighted by molar-refractivity contribution is -0.131. The van der Waals surface area contributed by atoms with Crippen LogP contribution in [0.5, 0.6) is 0 Å². The SMILES string of the molecule is N#Cc1ccccc1N=C[C@@H]1C(=O)NC(=O)N(c2ccc(I)cc2)C1=O. The zero-order chi connectivity index (χ0) is 18.7. The van der Waals surface area contributed by atoms with Gasteiger partial charge in [0.1, 0.15) is 6.07 Å². The molecule has 128 valence electrons. The number of hydrogen-bond donors (Lipinski definition) is 1. The van der Waals surface area contributed by atoms with Crippen LogP contribution in [0.15, 0.2) is 53.5 Å². The van der Waals surface area contributed by atoms with E-state index in [0.717, 1.165) is 14.7 Å². The first-order valence-corrected chi connectivity index (χ1v) is 8.57. The van der Waals surface area contributed by atoms with Gasteiger partial charge in [-0.3, -0.25) is 19.9 Å². The van der Waals surface area contributed by atoms with Crippen molar-refractivity contribution >= 4 is 58.0 Å². The van der Waals surface area contributed by atoms with Gasteiger partial charge in [-0.25, -0.2) is 9.69 Å². The smallest absolute Gasteiger partial charge is 0.276 e. The van der Waals surface area contributed by atoms with E-state index in [4.69, 9.17) is 5.26 Å². The van der Waals surface area contributed by atoms with Crippen LogP contribution in [0.4, 0.5) is 16.2 Å².